The van der Waals surface area contributed by atoms with Crippen LogP contribution in [0.3, 0.4) is 0 Å². The first-order valence-corrected chi connectivity index (χ1v) is 9.40. The molecule has 5 rings (SSSR count). The SMILES string of the molecule is O=C1[C@@H]2[C@H](C(=O)N1c1ccccc1)[C@@H]1C=C[C@H]2C12C[C@@H]2CI. The summed E-state index contributed by atoms with van der Waals surface area (Å²) in [6, 6.07) is 9.38. The van der Waals surface area contributed by atoms with Crippen LogP contribution in [0.1, 0.15) is 6.42 Å². The molecule has 1 heterocycles. The lowest BCUT2D eigenvalue weighted by Crippen LogP contribution is -2.35. The number of imide groups is 1. The molecule has 22 heavy (non-hydrogen) atoms. The van der Waals surface area contributed by atoms with Gasteiger partial charge in [0, 0.05) is 4.43 Å². The first-order chi connectivity index (χ1) is 10.7. The Bertz CT molecular complexity index is 681. The fourth-order valence-electron chi connectivity index (χ4n) is 5.41. The van der Waals surface area contributed by atoms with Crippen LogP contribution in [0.25, 0.3) is 0 Å². The van der Waals surface area contributed by atoms with Gasteiger partial charge in [0.2, 0.25) is 11.8 Å². The van der Waals surface area contributed by atoms with E-state index in [1.165, 1.54) is 11.3 Å². The molecule has 1 aliphatic heterocycles. The van der Waals surface area contributed by atoms with Gasteiger partial charge in [0.05, 0.1) is 17.5 Å². The van der Waals surface area contributed by atoms with Gasteiger partial charge in [-0.05, 0) is 41.7 Å². The van der Waals surface area contributed by atoms with Crippen molar-refractivity contribution in [3.63, 3.8) is 0 Å². The maximum absolute atomic E-state index is 13.0. The number of amides is 2. The summed E-state index contributed by atoms with van der Waals surface area (Å²) in [6.07, 6.45) is 5.66. The molecule has 2 amide bonds. The molecule has 0 radical (unpaired) electrons. The van der Waals surface area contributed by atoms with E-state index in [1.54, 1.807) is 0 Å². The number of allylic oxidation sites excluding steroid dienone is 2. The van der Waals surface area contributed by atoms with Crippen molar-refractivity contribution in [2.45, 2.75) is 6.42 Å². The van der Waals surface area contributed by atoms with Crippen molar-refractivity contribution in [3.8, 4) is 0 Å². The average Bonchev–Trinajstić information content (AvgIpc) is 2.99. The number of benzene rings is 1. The van der Waals surface area contributed by atoms with E-state index < -0.39 is 0 Å². The molecule has 1 saturated heterocycles. The number of anilines is 1. The Kier molecular flexibility index (Phi) is 2.55. The number of rotatable bonds is 2. The zero-order valence-electron chi connectivity index (χ0n) is 12.0. The summed E-state index contributed by atoms with van der Waals surface area (Å²) in [4.78, 5) is 27.4. The van der Waals surface area contributed by atoms with E-state index in [-0.39, 0.29) is 40.9 Å². The van der Waals surface area contributed by atoms with Crippen molar-refractivity contribution in [2.24, 2.45) is 35.0 Å². The van der Waals surface area contributed by atoms with E-state index in [0.29, 0.717) is 5.92 Å². The third kappa shape index (κ3) is 1.34. The Morgan fingerprint density at radius 2 is 1.64 bits per heavy atom. The predicted molar refractivity (Wildman–Crippen MR) is 91.5 cm³/mol. The minimum absolute atomic E-state index is 0.0246. The summed E-state index contributed by atoms with van der Waals surface area (Å²) < 4.78 is 1.14. The molecular formula is C18H16INO2. The number of carbonyl (C=O) groups excluding carboxylic acids is 2. The van der Waals surface area contributed by atoms with Gasteiger partial charge in [0.15, 0.2) is 0 Å². The van der Waals surface area contributed by atoms with Crippen LogP contribution in [0.15, 0.2) is 42.5 Å². The number of halogens is 1. The molecule has 2 bridgehead atoms. The largest absolute Gasteiger partial charge is 0.274 e. The molecule has 0 aromatic heterocycles. The number of alkyl halides is 1. The maximum atomic E-state index is 13.0. The molecule has 3 aliphatic carbocycles. The Labute approximate surface area is 142 Å². The van der Waals surface area contributed by atoms with Gasteiger partial charge in [0.1, 0.15) is 0 Å². The summed E-state index contributed by atoms with van der Waals surface area (Å²) in [5.41, 5.74) is 0.964. The summed E-state index contributed by atoms with van der Waals surface area (Å²) in [5.74, 6) is 1.08. The first-order valence-electron chi connectivity index (χ1n) is 7.87. The van der Waals surface area contributed by atoms with Crippen LogP contribution in [-0.4, -0.2) is 16.2 Å². The van der Waals surface area contributed by atoms with Crippen LogP contribution < -0.4 is 4.90 Å². The van der Waals surface area contributed by atoms with Crippen molar-refractivity contribution in [1.82, 2.24) is 0 Å². The summed E-state index contributed by atoms with van der Waals surface area (Å²) in [6.45, 7) is 0. The highest BCUT2D eigenvalue weighted by Crippen LogP contribution is 2.76. The standard InChI is InChI=1S/C18H16INO2/c19-9-10-8-18(10)12-6-7-13(18)15-14(12)16(21)20(17(15)22)11-4-2-1-3-5-11/h1-7,10,12-15H,8-9H2/t10-,12-,13+,14+,15-,18?/m1/s1. The van der Waals surface area contributed by atoms with E-state index in [0.717, 1.165) is 10.1 Å². The lowest BCUT2D eigenvalue weighted by atomic mass is 9.85. The Morgan fingerprint density at radius 1 is 1.05 bits per heavy atom. The third-order valence-corrected chi connectivity index (χ3v) is 7.40. The lowest BCUT2D eigenvalue weighted by molar-refractivity contribution is -0.123. The zero-order valence-corrected chi connectivity index (χ0v) is 14.1. The van der Waals surface area contributed by atoms with Gasteiger partial charge in [-0.15, -0.1) is 0 Å². The highest BCUT2D eigenvalue weighted by atomic mass is 127. The van der Waals surface area contributed by atoms with Crippen LogP contribution in [0, 0.1) is 35.0 Å². The zero-order chi connectivity index (χ0) is 15.1. The molecule has 3 nitrogen and oxygen atoms in total. The number of hydrogen-bond acceptors (Lipinski definition) is 2. The maximum Gasteiger partial charge on any atom is 0.238 e. The molecular weight excluding hydrogens is 389 g/mol. The summed E-state index contributed by atoms with van der Waals surface area (Å²) in [7, 11) is 0. The van der Waals surface area contributed by atoms with E-state index >= 15 is 0 Å². The number of para-hydroxylation sites is 1. The minimum atomic E-state index is -0.115. The molecule has 1 aromatic carbocycles. The quantitative estimate of drug-likeness (QED) is 0.328. The molecule has 1 unspecified atom stereocenters. The van der Waals surface area contributed by atoms with E-state index in [9.17, 15) is 9.59 Å². The number of fused-ring (bicyclic) bond motifs is 3. The molecule has 1 spiro atoms. The van der Waals surface area contributed by atoms with Crippen molar-refractivity contribution >= 4 is 40.1 Å². The van der Waals surface area contributed by atoms with Gasteiger partial charge in [-0.2, -0.15) is 0 Å². The van der Waals surface area contributed by atoms with Gasteiger partial charge in [-0.3, -0.25) is 14.5 Å². The highest BCUT2D eigenvalue weighted by Gasteiger charge is 2.76. The highest BCUT2D eigenvalue weighted by molar-refractivity contribution is 14.1. The second kappa shape index (κ2) is 4.22. The molecule has 4 aliphatic rings. The van der Waals surface area contributed by atoms with E-state index in [1.807, 2.05) is 30.3 Å². The lowest BCUT2D eigenvalue weighted by Gasteiger charge is -2.23. The third-order valence-electron chi connectivity index (χ3n) is 6.34. The summed E-state index contributed by atoms with van der Waals surface area (Å²) in [5, 5.41) is 0. The average molecular weight is 405 g/mol. The van der Waals surface area contributed by atoms with Crippen molar-refractivity contribution < 1.29 is 9.59 Å². The van der Waals surface area contributed by atoms with Gasteiger partial charge in [-0.25, -0.2) is 0 Å². The number of nitrogens with zero attached hydrogens (tertiary/aromatic N) is 1. The Balaban J connectivity index is 1.55. The predicted octanol–water partition coefficient (Wildman–Crippen LogP) is 3.05. The summed E-state index contributed by atoms with van der Waals surface area (Å²) >= 11 is 2.45. The van der Waals surface area contributed by atoms with Crippen LogP contribution in [-0.2, 0) is 9.59 Å². The Hall–Kier alpha value is -1.17. The number of carbonyl (C=O) groups is 2. The normalized spacial score (nSPS) is 44.2. The minimum Gasteiger partial charge on any atom is -0.274 e. The molecule has 4 heteroatoms. The van der Waals surface area contributed by atoms with Crippen LogP contribution in [0.2, 0.25) is 0 Å². The van der Waals surface area contributed by atoms with Gasteiger partial charge < -0.3 is 0 Å². The van der Waals surface area contributed by atoms with Crippen molar-refractivity contribution in [3.05, 3.63) is 42.5 Å². The van der Waals surface area contributed by atoms with Crippen molar-refractivity contribution in [1.29, 1.82) is 0 Å². The second-order valence-electron chi connectivity index (χ2n) is 7.00. The monoisotopic (exact) mass is 405 g/mol. The van der Waals surface area contributed by atoms with Gasteiger partial charge in [0.25, 0.3) is 0 Å². The first kappa shape index (κ1) is 13.3. The van der Waals surface area contributed by atoms with E-state index in [4.69, 9.17) is 0 Å². The van der Waals surface area contributed by atoms with Gasteiger partial charge in [-0.1, -0.05) is 52.9 Å². The van der Waals surface area contributed by atoms with Crippen molar-refractivity contribution in [2.75, 3.05) is 9.33 Å². The van der Waals surface area contributed by atoms with Gasteiger partial charge >= 0.3 is 0 Å². The van der Waals surface area contributed by atoms with Crippen LogP contribution >= 0.6 is 22.6 Å². The second-order valence-corrected chi connectivity index (χ2v) is 7.88. The molecule has 1 aromatic rings. The fraction of sp³-hybridized carbons (Fsp3) is 0.444. The Morgan fingerprint density at radius 3 is 2.14 bits per heavy atom. The van der Waals surface area contributed by atoms with E-state index in [2.05, 4.69) is 34.7 Å². The topological polar surface area (TPSA) is 37.4 Å². The van der Waals surface area contributed by atoms with Crippen LogP contribution in [0.4, 0.5) is 5.69 Å². The smallest absolute Gasteiger partial charge is 0.238 e. The molecule has 3 fully saturated rings. The molecule has 6 atom stereocenters. The molecule has 0 N–H and O–H groups in total. The fourth-order valence-corrected chi connectivity index (χ4v) is 6.54. The molecule has 112 valence electrons. The molecule has 2 saturated carbocycles. The van der Waals surface area contributed by atoms with Crippen LogP contribution in [0.5, 0.6) is 0 Å². The number of hydrogen-bond donors (Lipinski definition) is 0.